The Kier molecular flexibility index (Phi) is 3.90. The number of carbonyl (C=O) groups excluding carboxylic acids is 1. The molecule has 1 aliphatic carbocycles. The van der Waals surface area contributed by atoms with Crippen LogP contribution in [0.15, 0.2) is 41.1 Å². The van der Waals surface area contributed by atoms with Crippen molar-refractivity contribution in [1.82, 2.24) is 4.98 Å². The number of aromatic nitrogens is 1. The molecule has 0 aliphatic heterocycles. The lowest BCUT2D eigenvalue weighted by Gasteiger charge is -2.16. The molecule has 3 rings (SSSR count). The van der Waals surface area contributed by atoms with Crippen molar-refractivity contribution in [2.45, 2.75) is 18.3 Å². The highest BCUT2D eigenvalue weighted by Gasteiger charge is 2.51. The van der Waals surface area contributed by atoms with Gasteiger partial charge in [-0.2, -0.15) is 5.26 Å². The number of anilines is 1. The van der Waals surface area contributed by atoms with Crippen molar-refractivity contribution < 1.29 is 4.79 Å². The van der Waals surface area contributed by atoms with E-state index in [1.165, 1.54) is 0 Å². The van der Waals surface area contributed by atoms with Gasteiger partial charge in [0.1, 0.15) is 6.07 Å². The predicted molar refractivity (Wildman–Crippen MR) is 87.6 cm³/mol. The summed E-state index contributed by atoms with van der Waals surface area (Å²) in [5.74, 6) is -0.0758. The number of pyridine rings is 1. The first-order valence-corrected chi connectivity index (χ1v) is 7.84. The third-order valence-electron chi connectivity index (χ3n) is 3.79. The first-order valence-electron chi connectivity index (χ1n) is 6.67. The number of nitrogens with zero attached hydrogens (tertiary/aromatic N) is 2. The maximum absolute atomic E-state index is 12.6. The zero-order chi connectivity index (χ0) is 15.7. The molecule has 0 bridgehead atoms. The molecule has 0 unspecified atom stereocenters. The van der Waals surface area contributed by atoms with Crippen LogP contribution in [0.3, 0.4) is 0 Å². The van der Waals surface area contributed by atoms with Crippen LogP contribution in [0.4, 0.5) is 5.69 Å². The van der Waals surface area contributed by atoms with Gasteiger partial charge in [0, 0.05) is 22.6 Å². The molecular formula is C16H11BrClN3O. The lowest BCUT2D eigenvalue weighted by molar-refractivity contribution is -0.118. The third-order valence-corrected chi connectivity index (χ3v) is 4.54. The highest BCUT2D eigenvalue weighted by molar-refractivity contribution is 9.10. The van der Waals surface area contributed by atoms with Gasteiger partial charge in [0.15, 0.2) is 0 Å². The van der Waals surface area contributed by atoms with Gasteiger partial charge in [0.25, 0.3) is 0 Å². The van der Waals surface area contributed by atoms with Gasteiger partial charge in [-0.25, -0.2) is 0 Å². The summed E-state index contributed by atoms with van der Waals surface area (Å²) >= 11 is 9.37. The second kappa shape index (κ2) is 5.71. The number of hydrogen-bond acceptors (Lipinski definition) is 3. The van der Waals surface area contributed by atoms with Gasteiger partial charge in [-0.3, -0.25) is 9.78 Å². The van der Waals surface area contributed by atoms with Crippen LogP contribution in [0.2, 0.25) is 5.02 Å². The number of benzene rings is 1. The molecule has 2 aromatic rings. The Morgan fingerprint density at radius 1 is 1.36 bits per heavy atom. The predicted octanol–water partition coefficient (Wildman–Crippen LogP) is 4.04. The SMILES string of the molecule is N#Cc1ccc(NC(=O)C2(c3cncc(Br)c3)CC2)cc1Cl. The Hall–Kier alpha value is -1.90. The highest BCUT2D eigenvalue weighted by Crippen LogP contribution is 2.49. The Labute approximate surface area is 141 Å². The van der Waals surface area contributed by atoms with Gasteiger partial charge in [0.2, 0.25) is 5.91 Å². The van der Waals surface area contributed by atoms with Crippen LogP contribution in [0.5, 0.6) is 0 Å². The van der Waals surface area contributed by atoms with Crippen molar-refractivity contribution in [3.8, 4) is 6.07 Å². The quantitative estimate of drug-likeness (QED) is 0.879. The molecule has 1 aliphatic rings. The lowest BCUT2D eigenvalue weighted by Crippen LogP contribution is -2.28. The number of nitrogens with one attached hydrogen (secondary N) is 1. The fourth-order valence-electron chi connectivity index (χ4n) is 2.38. The molecule has 0 saturated heterocycles. The second-order valence-corrected chi connectivity index (χ2v) is 6.56. The Bertz CT molecular complexity index is 796. The maximum Gasteiger partial charge on any atom is 0.235 e. The van der Waals surface area contributed by atoms with Crippen molar-refractivity contribution in [1.29, 1.82) is 5.26 Å². The first kappa shape index (κ1) is 15.0. The molecule has 1 N–H and O–H groups in total. The van der Waals surface area contributed by atoms with Crippen molar-refractivity contribution in [2.75, 3.05) is 5.32 Å². The zero-order valence-corrected chi connectivity index (χ0v) is 13.8. The Balaban J connectivity index is 1.83. The van der Waals surface area contributed by atoms with Crippen molar-refractivity contribution in [2.24, 2.45) is 0 Å². The Morgan fingerprint density at radius 3 is 2.73 bits per heavy atom. The first-order chi connectivity index (χ1) is 10.5. The van der Waals surface area contributed by atoms with Crippen LogP contribution in [0, 0.1) is 11.3 Å². The third kappa shape index (κ3) is 2.72. The minimum atomic E-state index is -0.517. The summed E-state index contributed by atoms with van der Waals surface area (Å²) in [6, 6.07) is 8.78. The van der Waals surface area contributed by atoms with E-state index >= 15 is 0 Å². The van der Waals surface area contributed by atoms with Crippen LogP contribution < -0.4 is 5.32 Å². The molecule has 6 heteroatoms. The van der Waals surface area contributed by atoms with Crippen LogP contribution in [0.1, 0.15) is 24.0 Å². The van der Waals surface area contributed by atoms with Gasteiger partial charge >= 0.3 is 0 Å². The minimum Gasteiger partial charge on any atom is -0.325 e. The molecular weight excluding hydrogens is 366 g/mol. The largest absolute Gasteiger partial charge is 0.325 e. The van der Waals surface area contributed by atoms with Crippen molar-refractivity contribution in [3.63, 3.8) is 0 Å². The highest BCUT2D eigenvalue weighted by atomic mass is 79.9. The molecule has 4 nitrogen and oxygen atoms in total. The molecule has 1 heterocycles. The number of hydrogen-bond donors (Lipinski definition) is 1. The van der Waals surface area contributed by atoms with E-state index < -0.39 is 5.41 Å². The van der Waals surface area contributed by atoms with Gasteiger partial charge in [-0.15, -0.1) is 0 Å². The van der Waals surface area contributed by atoms with E-state index in [-0.39, 0.29) is 5.91 Å². The van der Waals surface area contributed by atoms with Crippen LogP contribution in [0.25, 0.3) is 0 Å². The topological polar surface area (TPSA) is 65.8 Å². The van der Waals surface area contributed by atoms with Gasteiger partial charge in [-0.05, 0) is 58.6 Å². The summed E-state index contributed by atoms with van der Waals surface area (Å²) in [5, 5.41) is 12.1. The molecule has 1 aromatic heterocycles. The summed E-state index contributed by atoms with van der Waals surface area (Å²) in [4.78, 5) is 16.7. The molecule has 1 amide bonds. The van der Waals surface area contributed by atoms with Crippen molar-refractivity contribution in [3.05, 3.63) is 57.3 Å². The average molecular weight is 377 g/mol. The number of nitriles is 1. The molecule has 110 valence electrons. The summed E-state index contributed by atoms with van der Waals surface area (Å²) in [5.41, 5.74) is 1.36. The fourth-order valence-corrected chi connectivity index (χ4v) is 2.97. The summed E-state index contributed by atoms with van der Waals surface area (Å²) in [7, 11) is 0. The summed E-state index contributed by atoms with van der Waals surface area (Å²) < 4.78 is 0.852. The number of rotatable bonds is 3. The van der Waals surface area contributed by atoms with Gasteiger partial charge in [-0.1, -0.05) is 11.6 Å². The molecule has 1 saturated carbocycles. The summed E-state index contributed by atoms with van der Waals surface area (Å²) in [6.07, 6.45) is 5.00. The number of halogens is 2. The lowest BCUT2D eigenvalue weighted by atomic mass is 9.96. The number of amides is 1. The van der Waals surface area contributed by atoms with E-state index in [0.717, 1.165) is 22.9 Å². The van der Waals surface area contributed by atoms with E-state index in [1.54, 1.807) is 30.6 Å². The Morgan fingerprint density at radius 2 is 2.14 bits per heavy atom. The zero-order valence-electron chi connectivity index (χ0n) is 11.4. The average Bonchev–Trinajstić information content (AvgIpc) is 3.29. The van der Waals surface area contributed by atoms with E-state index in [1.807, 2.05) is 12.1 Å². The minimum absolute atomic E-state index is 0.0758. The van der Waals surface area contributed by atoms with Gasteiger partial charge < -0.3 is 5.32 Å². The smallest absolute Gasteiger partial charge is 0.235 e. The molecule has 0 radical (unpaired) electrons. The molecule has 0 spiro atoms. The molecule has 0 atom stereocenters. The van der Waals surface area contributed by atoms with Crippen molar-refractivity contribution >= 4 is 39.1 Å². The second-order valence-electron chi connectivity index (χ2n) is 5.23. The van der Waals surface area contributed by atoms with Crippen LogP contribution in [-0.2, 0) is 10.2 Å². The fraction of sp³-hybridized carbons (Fsp3) is 0.188. The molecule has 1 aromatic carbocycles. The van der Waals surface area contributed by atoms with Gasteiger partial charge in [0.05, 0.1) is 16.0 Å². The standard InChI is InChI=1S/C16H11BrClN3O/c17-12-5-11(8-20-9-12)16(3-4-16)15(22)21-13-2-1-10(7-19)14(18)6-13/h1-2,5-6,8-9H,3-4H2,(H,21,22). The summed E-state index contributed by atoms with van der Waals surface area (Å²) in [6.45, 7) is 0. The van der Waals surface area contributed by atoms with E-state index in [4.69, 9.17) is 16.9 Å². The van der Waals surface area contributed by atoms with E-state index in [2.05, 4.69) is 26.2 Å². The van der Waals surface area contributed by atoms with E-state index in [9.17, 15) is 4.79 Å². The van der Waals surface area contributed by atoms with E-state index in [0.29, 0.717) is 16.3 Å². The monoisotopic (exact) mass is 375 g/mol. The molecule has 1 fully saturated rings. The van der Waals surface area contributed by atoms with Crippen LogP contribution in [-0.4, -0.2) is 10.9 Å². The van der Waals surface area contributed by atoms with Crippen LogP contribution >= 0.6 is 27.5 Å². The number of carbonyl (C=O) groups is 1. The molecule has 22 heavy (non-hydrogen) atoms. The maximum atomic E-state index is 12.6. The normalized spacial score (nSPS) is 15.0.